The summed E-state index contributed by atoms with van der Waals surface area (Å²) in [4.78, 5) is 0. The first-order chi connectivity index (χ1) is 9.20. The van der Waals surface area contributed by atoms with Crippen molar-refractivity contribution >= 4 is 11.8 Å². The molecule has 0 aromatic rings. The highest BCUT2D eigenvalue weighted by atomic mass is 32.2. The Morgan fingerprint density at radius 3 is 2.89 bits per heavy atom. The van der Waals surface area contributed by atoms with Crippen molar-refractivity contribution in [2.75, 3.05) is 12.4 Å². The van der Waals surface area contributed by atoms with Gasteiger partial charge in [-0.2, -0.15) is 17.0 Å². The van der Waals surface area contributed by atoms with Gasteiger partial charge in [-0.05, 0) is 50.2 Å². The van der Waals surface area contributed by atoms with Crippen molar-refractivity contribution in [3.63, 3.8) is 0 Å². The van der Waals surface area contributed by atoms with Crippen molar-refractivity contribution in [1.82, 2.24) is 5.32 Å². The van der Waals surface area contributed by atoms with Crippen LogP contribution in [-0.4, -0.2) is 34.3 Å². The highest BCUT2D eigenvalue weighted by molar-refractivity contribution is 7.99. The Morgan fingerprint density at radius 1 is 1.47 bits per heavy atom. The lowest BCUT2D eigenvalue weighted by atomic mass is 9.86. The van der Waals surface area contributed by atoms with E-state index in [9.17, 15) is 5.26 Å². The molecular formula is C15H26N2OS. The maximum absolute atomic E-state index is 9.60. The molecular weight excluding hydrogens is 256 g/mol. The normalized spacial score (nSPS) is 32.2. The third-order valence-electron chi connectivity index (χ3n) is 4.46. The van der Waals surface area contributed by atoms with Gasteiger partial charge in [0.2, 0.25) is 0 Å². The second-order valence-corrected chi connectivity index (χ2v) is 7.62. The fourth-order valence-electron chi connectivity index (χ4n) is 3.11. The molecule has 0 saturated heterocycles. The Balaban J connectivity index is 1.79. The molecule has 0 radical (unpaired) electrons. The average Bonchev–Trinajstić information content (AvgIpc) is 3.11. The predicted molar refractivity (Wildman–Crippen MR) is 80.1 cm³/mol. The first-order valence-corrected chi connectivity index (χ1v) is 8.66. The summed E-state index contributed by atoms with van der Waals surface area (Å²) in [6, 6.07) is 3.21. The molecule has 3 atom stereocenters. The van der Waals surface area contributed by atoms with Crippen molar-refractivity contribution in [3.8, 4) is 6.07 Å². The van der Waals surface area contributed by atoms with Crippen LogP contribution in [-0.2, 0) is 0 Å². The SMILES string of the molecule is CC(CCO)SCCC1CCCC1(C#N)NC1CC1. The molecule has 4 heteroatoms. The van der Waals surface area contributed by atoms with Crippen LogP contribution < -0.4 is 5.32 Å². The van der Waals surface area contributed by atoms with Gasteiger partial charge >= 0.3 is 0 Å². The minimum Gasteiger partial charge on any atom is -0.396 e. The second-order valence-electron chi connectivity index (χ2n) is 6.07. The minimum atomic E-state index is -0.234. The predicted octanol–water partition coefficient (Wildman–Crippen LogP) is 2.70. The molecule has 0 aromatic heterocycles. The Hall–Kier alpha value is -0.240. The van der Waals surface area contributed by atoms with Crippen LogP contribution in [0.4, 0.5) is 0 Å². The summed E-state index contributed by atoms with van der Waals surface area (Å²) in [7, 11) is 0. The Labute approximate surface area is 121 Å². The lowest BCUT2D eigenvalue weighted by Gasteiger charge is -2.30. The molecule has 2 aliphatic carbocycles. The molecule has 0 aliphatic heterocycles. The van der Waals surface area contributed by atoms with Crippen molar-refractivity contribution in [3.05, 3.63) is 0 Å². The molecule has 0 bridgehead atoms. The van der Waals surface area contributed by atoms with Crippen LogP contribution in [0.15, 0.2) is 0 Å². The van der Waals surface area contributed by atoms with Crippen LogP contribution in [0.3, 0.4) is 0 Å². The van der Waals surface area contributed by atoms with Gasteiger partial charge in [-0.3, -0.25) is 5.32 Å². The molecule has 0 aromatic carbocycles. The van der Waals surface area contributed by atoms with Gasteiger partial charge in [-0.1, -0.05) is 13.3 Å². The Bertz CT molecular complexity index is 327. The van der Waals surface area contributed by atoms with E-state index in [2.05, 4.69) is 18.3 Å². The van der Waals surface area contributed by atoms with E-state index < -0.39 is 0 Å². The second kappa shape index (κ2) is 6.97. The summed E-state index contributed by atoms with van der Waals surface area (Å²) in [6.07, 6.45) is 7.92. The third-order valence-corrected chi connectivity index (χ3v) is 5.74. The number of nitrogens with zero attached hydrogens (tertiary/aromatic N) is 1. The number of thioether (sulfide) groups is 1. The quantitative estimate of drug-likeness (QED) is 0.718. The summed E-state index contributed by atoms with van der Waals surface area (Å²) >= 11 is 1.94. The molecule has 0 amide bonds. The first kappa shape index (κ1) is 15.2. The van der Waals surface area contributed by atoms with Crippen LogP contribution in [0.5, 0.6) is 0 Å². The van der Waals surface area contributed by atoms with Gasteiger partial charge in [-0.25, -0.2) is 0 Å². The molecule has 3 nitrogen and oxygen atoms in total. The summed E-state index contributed by atoms with van der Waals surface area (Å²) in [5.41, 5.74) is -0.234. The smallest absolute Gasteiger partial charge is 0.109 e. The first-order valence-electron chi connectivity index (χ1n) is 7.61. The fraction of sp³-hybridized carbons (Fsp3) is 0.933. The summed E-state index contributed by atoms with van der Waals surface area (Å²) in [6.45, 7) is 2.46. The van der Waals surface area contributed by atoms with Crippen LogP contribution in [0, 0.1) is 17.2 Å². The standard InChI is InChI=1S/C15H26N2OS/c1-12(6-9-18)19-10-7-13-3-2-8-15(13,11-16)17-14-4-5-14/h12-14,17-18H,2-10H2,1H3. The summed E-state index contributed by atoms with van der Waals surface area (Å²) in [5, 5.41) is 22.7. The van der Waals surface area contributed by atoms with Gasteiger partial charge in [0.25, 0.3) is 0 Å². The zero-order valence-corrected chi connectivity index (χ0v) is 12.7. The van der Waals surface area contributed by atoms with Crippen molar-refractivity contribution < 1.29 is 5.11 Å². The van der Waals surface area contributed by atoms with Crippen LogP contribution in [0.2, 0.25) is 0 Å². The molecule has 3 unspecified atom stereocenters. The summed E-state index contributed by atoms with van der Waals surface area (Å²) in [5.74, 6) is 1.63. The highest BCUT2D eigenvalue weighted by Crippen LogP contribution is 2.40. The van der Waals surface area contributed by atoms with Gasteiger partial charge in [0.1, 0.15) is 5.54 Å². The van der Waals surface area contributed by atoms with E-state index in [-0.39, 0.29) is 12.1 Å². The van der Waals surface area contributed by atoms with E-state index in [1.165, 1.54) is 25.7 Å². The molecule has 2 fully saturated rings. The van der Waals surface area contributed by atoms with E-state index >= 15 is 0 Å². The van der Waals surface area contributed by atoms with Crippen molar-refractivity contribution in [1.29, 1.82) is 5.26 Å². The maximum Gasteiger partial charge on any atom is 0.109 e. The van der Waals surface area contributed by atoms with E-state index in [1.807, 2.05) is 11.8 Å². The Morgan fingerprint density at radius 2 is 2.26 bits per heavy atom. The van der Waals surface area contributed by atoms with E-state index in [0.29, 0.717) is 17.2 Å². The van der Waals surface area contributed by atoms with E-state index in [0.717, 1.165) is 25.0 Å². The fourth-order valence-corrected chi connectivity index (χ4v) is 4.20. The van der Waals surface area contributed by atoms with Crippen molar-refractivity contribution in [2.45, 2.75) is 68.7 Å². The zero-order valence-electron chi connectivity index (χ0n) is 11.9. The number of nitrogens with one attached hydrogen (secondary N) is 1. The molecule has 108 valence electrons. The summed E-state index contributed by atoms with van der Waals surface area (Å²) < 4.78 is 0. The number of hydrogen-bond donors (Lipinski definition) is 2. The Kier molecular flexibility index (Phi) is 5.56. The van der Waals surface area contributed by atoms with Crippen molar-refractivity contribution in [2.24, 2.45) is 5.92 Å². The molecule has 19 heavy (non-hydrogen) atoms. The average molecular weight is 282 g/mol. The minimum absolute atomic E-state index is 0.234. The number of hydrogen-bond acceptors (Lipinski definition) is 4. The van der Waals surface area contributed by atoms with Gasteiger partial charge < -0.3 is 5.11 Å². The van der Waals surface area contributed by atoms with Gasteiger partial charge in [0, 0.05) is 17.9 Å². The van der Waals surface area contributed by atoms with Crippen LogP contribution in [0.25, 0.3) is 0 Å². The molecule has 2 saturated carbocycles. The lowest BCUT2D eigenvalue weighted by Crippen LogP contribution is -2.48. The van der Waals surface area contributed by atoms with Gasteiger partial charge in [0.15, 0.2) is 0 Å². The lowest BCUT2D eigenvalue weighted by molar-refractivity contribution is 0.288. The third kappa shape index (κ3) is 4.11. The topological polar surface area (TPSA) is 56.0 Å². The number of nitriles is 1. The molecule has 2 rings (SSSR count). The highest BCUT2D eigenvalue weighted by Gasteiger charge is 2.45. The molecule has 2 aliphatic rings. The molecule has 0 heterocycles. The maximum atomic E-state index is 9.60. The van der Waals surface area contributed by atoms with Gasteiger partial charge in [0.05, 0.1) is 6.07 Å². The number of aliphatic hydroxyl groups excluding tert-OH is 1. The molecule has 2 N–H and O–H groups in total. The van der Waals surface area contributed by atoms with E-state index in [4.69, 9.17) is 5.11 Å². The largest absolute Gasteiger partial charge is 0.396 e. The van der Waals surface area contributed by atoms with Crippen LogP contribution in [0.1, 0.15) is 51.9 Å². The van der Waals surface area contributed by atoms with E-state index in [1.54, 1.807) is 0 Å². The molecule has 0 spiro atoms. The zero-order chi connectivity index (χ0) is 13.7. The van der Waals surface area contributed by atoms with Crippen LogP contribution >= 0.6 is 11.8 Å². The number of rotatable bonds is 8. The number of aliphatic hydroxyl groups is 1. The van der Waals surface area contributed by atoms with Gasteiger partial charge in [-0.15, -0.1) is 0 Å². The monoisotopic (exact) mass is 282 g/mol.